The summed E-state index contributed by atoms with van der Waals surface area (Å²) in [4.78, 5) is 0.231. The molecule has 0 heterocycles. The van der Waals surface area contributed by atoms with Gasteiger partial charge in [-0.05, 0) is 68.1 Å². The number of hydrogen-bond donors (Lipinski definition) is 2. The molecule has 21 heavy (non-hydrogen) atoms. The van der Waals surface area contributed by atoms with Crippen molar-refractivity contribution in [1.29, 1.82) is 0 Å². The highest BCUT2D eigenvalue weighted by molar-refractivity contribution is 7.89. The van der Waals surface area contributed by atoms with Crippen LogP contribution in [0.15, 0.2) is 17.0 Å². The molecule has 0 atom stereocenters. The number of nitrogens with two attached hydrogens (primary N) is 1. The molecule has 2 aliphatic rings. The van der Waals surface area contributed by atoms with Gasteiger partial charge in [0.15, 0.2) is 0 Å². The molecule has 0 amide bonds. The van der Waals surface area contributed by atoms with Gasteiger partial charge in [-0.2, -0.15) is 0 Å². The number of hydrogen-bond acceptors (Lipinski definition) is 3. The summed E-state index contributed by atoms with van der Waals surface area (Å²) in [6.45, 7) is 2.28. The van der Waals surface area contributed by atoms with Crippen molar-refractivity contribution in [1.82, 2.24) is 4.72 Å². The van der Waals surface area contributed by atoms with E-state index in [1.54, 1.807) is 13.0 Å². The molecule has 1 aromatic carbocycles. The van der Waals surface area contributed by atoms with Gasteiger partial charge in [0.05, 0.1) is 15.6 Å². The minimum Gasteiger partial charge on any atom is -0.397 e. The molecule has 0 spiro atoms. The van der Waals surface area contributed by atoms with E-state index >= 15 is 0 Å². The molecule has 2 saturated carbocycles. The summed E-state index contributed by atoms with van der Waals surface area (Å²) >= 11 is 5.92. The summed E-state index contributed by atoms with van der Waals surface area (Å²) in [5, 5.41) is 0.389. The van der Waals surface area contributed by atoms with Crippen molar-refractivity contribution in [2.24, 2.45) is 17.8 Å². The molecule has 2 aliphatic carbocycles. The van der Waals surface area contributed by atoms with E-state index in [0.717, 1.165) is 11.8 Å². The van der Waals surface area contributed by atoms with Crippen molar-refractivity contribution in [3.05, 3.63) is 22.7 Å². The Morgan fingerprint density at radius 2 is 1.86 bits per heavy atom. The SMILES string of the molecule is Cc1cc(Cl)c(N)cc1S(=O)(=O)NCC(C1CC1)C1CC1. The van der Waals surface area contributed by atoms with Crippen LogP contribution in [-0.2, 0) is 10.0 Å². The summed E-state index contributed by atoms with van der Waals surface area (Å²) in [5.41, 5.74) is 6.65. The van der Waals surface area contributed by atoms with Crippen molar-refractivity contribution in [2.45, 2.75) is 37.5 Å². The van der Waals surface area contributed by atoms with Crippen molar-refractivity contribution in [3.8, 4) is 0 Å². The first-order chi connectivity index (χ1) is 9.88. The number of sulfonamides is 1. The standard InChI is InChI=1S/C15H21ClN2O2S/c1-9-6-13(16)14(17)7-15(9)21(19,20)18-8-12(10-2-3-10)11-4-5-11/h6-7,10-12,18H,2-5,8,17H2,1H3. The topological polar surface area (TPSA) is 72.2 Å². The molecule has 116 valence electrons. The van der Waals surface area contributed by atoms with E-state index in [0.29, 0.717) is 28.7 Å². The Morgan fingerprint density at radius 3 is 2.38 bits per heavy atom. The minimum absolute atomic E-state index is 0.231. The number of nitrogen functional groups attached to an aromatic ring is 1. The van der Waals surface area contributed by atoms with E-state index in [1.807, 2.05) is 0 Å². The van der Waals surface area contributed by atoms with Crippen LogP contribution in [0.4, 0.5) is 5.69 Å². The number of anilines is 1. The molecule has 0 aromatic heterocycles. The first-order valence-corrected chi connectivity index (χ1v) is 9.30. The Labute approximate surface area is 131 Å². The Kier molecular flexibility index (Phi) is 3.93. The van der Waals surface area contributed by atoms with Crippen LogP contribution in [0.2, 0.25) is 5.02 Å². The smallest absolute Gasteiger partial charge is 0.240 e. The highest BCUT2D eigenvalue weighted by Crippen LogP contribution is 2.48. The van der Waals surface area contributed by atoms with Gasteiger partial charge < -0.3 is 5.73 Å². The van der Waals surface area contributed by atoms with Crippen LogP contribution in [0.25, 0.3) is 0 Å². The van der Waals surface area contributed by atoms with Gasteiger partial charge in [-0.1, -0.05) is 11.6 Å². The lowest BCUT2D eigenvalue weighted by Gasteiger charge is -2.17. The molecule has 6 heteroatoms. The van der Waals surface area contributed by atoms with Gasteiger partial charge in [-0.25, -0.2) is 13.1 Å². The first kappa shape index (κ1) is 15.1. The van der Waals surface area contributed by atoms with Gasteiger partial charge in [-0.3, -0.25) is 0 Å². The monoisotopic (exact) mass is 328 g/mol. The lowest BCUT2D eigenvalue weighted by atomic mass is 9.99. The third-order valence-electron chi connectivity index (χ3n) is 4.55. The molecular formula is C15H21ClN2O2S. The maximum absolute atomic E-state index is 12.5. The van der Waals surface area contributed by atoms with E-state index in [-0.39, 0.29) is 4.90 Å². The van der Waals surface area contributed by atoms with Crippen LogP contribution in [0, 0.1) is 24.7 Å². The minimum atomic E-state index is -3.53. The molecule has 4 nitrogen and oxygen atoms in total. The average Bonchev–Trinajstić information content (AvgIpc) is 3.25. The van der Waals surface area contributed by atoms with E-state index in [4.69, 9.17) is 17.3 Å². The second-order valence-corrected chi connectivity index (χ2v) is 8.47. The predicted octanol–water partition coefficient (Wildman–Crippen LogP) is 2.95. The maximum Gasteiger partial charge on any atom is 0.240 e. The molecule has 3 N–H and O–H groups in total. The highest BCUT2D eigenvalue weighted by Gasteiger charge is 2.41. The molecule has 0 radical (unpaired) electrons. The molecular weight excluding hydrogens is 308 g/mol. The van der Waals surface area contributed by atoms with Crippen LogP contribution in [0.5, 0.6) is 0 Å². The van der Waals surface area contributed by atoms with Crippen LogP contribution >= 0.6 is 11.6 Å². The lowest BCUT2D eigenvalue weighted by molar-refractivity contribution is 0.401. The number of aryl methyl sites for hydroxylation is 1. The largest absolute Gasteiger partial charge is 0.397 e. The molecule has 3 rings (SSSR count). The Morgan fingerprint density at radius 1 is 1.29 bits per heavy atom. The van der Waals surface area contributed by atoms with E-state index < -0.39 is 10.0 Å². The van der Waals surface area contributed by atoms with Gasteiger partial charge >= 0.3 is 0 Å². The molecule has 1 aromatic rings. The van der Waals surface area contributed by atoms with Gasteiger partial charge in [0.25, 0.3) is 0 Å². The van der Waals surface area contributed by atoms with Gasteiger partial charge in [0.1, 0.15) is 0 Å². The Balaban J connectivity index is 1.75. The normalized spacial score (nSPS) is 19.2. The third kappa shape index (κ3) is 3.35. The molecule has 0 bridgehead atoms. The quantitative estimate of drug-likeness (QED) is 0.789. The fourth-order valence-corrected chi connectivity index (χ4v) is 4.56. The van der Waals surface area contributed by atoms with Gasteiger partial charge in [0, 0.05) is 6.54 Å². The summed E-state index contributed by atoms with van der Waals surface area (Å²) < 4.78 is 27.8. The number of nitrogens with one attached hydrogen (secondary N) is 1. The zero-order chi connectivity index (χ0) is 15.2. The van der Waals surface area contributed by atoms with Crippen molar-refractivity contribution in [2.75, 3.05) is 12.3 Å². The van der Waals surface area contributed by atoms with Crippen LogP contribution in [-0.4, -0.2) is 15.0 Å². The van der Waals surface area contributed by atoms with Crippen LogP contribution < -0.4 is 10.5 Å². The summed E-state index contributed by atoms with van der Waals surface area (Å²) in [6, 6.07) is 3.05. The van der Waals surface area contributed by atoms with Crippen LogP contribution in [0.1, 0.15) is 31.2 Å². The molecule has 2 fully saturated rings. The van der Waals surface area contributed by atoms with Crippen LogP contribution in [0.3, 0.4) is 0 Å². The first-order valence-electron chi connectivity index (χ1n) is 7.44. The second kappa shape index (κ2) is 5.45. The van der Waals surface area contributed by atoms with Gasteiger partial charge in [-0.15, -0.1) is 0 Å². The zero-order valence-electron chi connectivity index (χ0n) is 12.1. The molecule has 0 unspecified atom stereocenters. The predicted molar refractivity (Wildman–Crippen MR) is 84.7 cm³/mol. The Hall–Kier alpha value is -0.780. The Bertz CT molecular complexity index is 640. The summed E-state index contributed by atoms with van der Waals surface area (Å²) in [6.07, 6.45) is 4.98. The lowest BCUT2D eigenvalue weighted by Crippen LogP contribution is -2.31. The zero-order valence-corrected chi connectivity index (χ0v) is 13.7. The molecule has 0 saturated heterocycles. The van der Waals surface area contributed by atoms with E-state index in [9.17, 15) is 8.42 Å². The number of halogens is 1. The highest BCUT2D eigenvalue weighted by atomic mass is 35.5. The second-order valence-electron chi connectivity index (χ2n) is 6.33. The summed E-state index contributed by atoms with van der Waals surface area (Å²) in [5.74, 6) is 1.94. The van der Waals surface area contributed by atoms with E-state index in [2.05, 4.69) is 4.72 Å². The van der Waals surface area contributed by atoms with Gasteiger partial charge in [0.2, 0.25) is 10.0 Å². The fraction of sp³-hybridized carbons (Fsp3) is 0.600. The third-order valence-corrected chi connectivity index (χ3v) is 6.44. The van der Waals surface area contributed by atoms with Crippen molar-refractivity contribution in [3.63, 3.8) is 0 Å². The summed E-state index contributed by atoms with van der Waals surface area (Å²) in [7, 11) is -3.53. The van der Waals surface area contributed by atoms with E-state index in [1.165, 1.54) is 31.7 Å². The maximum atomic E-state index is 12.5. The number of rotatable bonds is 6. The number of benzene rings is 1. The average molecular weight is 329 g/mol. The van der Waals surface area contributed by atoms with Crippen molar-refractivity contribution < 1.29 is 8.42 Å². The molecule has 0 aliphatic heterocycles. The van der Waals surface area contributed by atoms with Crippen molar-refractivity contribution >= 4 is 27.3 Å². The fourth-order valence-electron chi connectivity index (χ4n) is 3.01.